The molecule has 0 unspecified atom stereocenters. The maximum absolute atomic E-state index is 13.1. The molecule has 1 aromatic heterocycles. The van der Waals surface area contributed by atoms with Crippen LogP contribution in [0.5, 0.6) is 11.5 Å². The lowest BCUT2D eigenvalue weighted by molar-refractivity contribution is -0.141. The standard InChI is InChI=1S/C27H26ClF3N4O3/c28-19-5-3-18(4-6-19)15-38-24-8-7-21(23-14-25(33-32-23)27(29,30)31)26(36)22(24)2-1-9-34-10-12-35(13-11-34)20-16-37-17-20/h3-8,14,20,36H,9-13,15-17H2,(H,32,33). The van der Waals surface area contributed by atoms with Gasteiger partial charge >= 0.3 is 6.18 Å². The molecule has 0 spiro atoms. The fourth-order valence-corrected chi connectivity index (χ4v) is 4.46. The van der Waals surface area contributed by atoms with Gasteiger partial charge < -0.3 is 14.6 Å². The van der Waals surface area contributed by atoms with E-state index in [9.17, 15) is 18.3 Å². The van der Waals surface area contributed by atoms with Gasteiger partial charge in [0.15, 0.2) is 5.69 Å². The molecule has 2 aliphatic heterocycles. The van der Waals surface area contributed by atoms with E-state index in [0.717, 1.165) is 51.0 Å². The minimum absolute atomic E-state index is 0.0261. The van der Waals surface area contributed by atoms with Crippen LogP contribution in [0.15, 0.2) is 42.5 Å². The van der Waals surface area contributed by atoms with E-state index in [-0.39, 0.29) is 29.2 Å². The minimum Gasteiger partial charge on any atom is -0.506 e. The molecule has 11 heteroatoms. The second kappa shape index (κ2) is 11.3. The largest absolute Gasteiger partial charge is 0.506 e. The number of halogens is 4. The zero-order valence-corrected chi connectivity index (χ0v) is 21.1. The number of phenolic OH excluding ortho intramolecular Hbond substituents is 1. The minimum atomic E-state index is -4.61. The predicted octanol–water partition coefficient (Wildman–Crippen LogP) is 4.40. The number of aromatic nitrogens is 2. The Morgan fingerprint density at radius 3 is 2.47 bits per heavy atom. The molecule has 2 N–H and O–H groups in total. The van der Waals surface area contributed by atoms with Crippen LogP contribution in [-0.4, -0.2) is 77.1 Å². The van der Waals surface area contributed by atoms with Crippen LogP contribution in [-0.2, 0) is 17.5 Å². The number of rotatable bonds is 6. The fourth-order valence-electron chi connectivity index (χ4n) is 4.34. The first-order valence-electron chi connectivity index (χ1n) is 12.2. The van der Waals surface area contributed by atoms with Crippen LogP contribution in [0.25, 0.3) is 11.3 Å². The van der Waals surface area contributed by atoms with Gasteiger partial charge in [-0.3, -0.25) is 14.9 Å². The first-order valence-corrected chi connectivity index (χ1v) is 12.5. The van der Waals surface area contributed by atoms with Gasteiger partial charge in [0.1, 0.15) is 23.7 Å². The maximum Gasteiger partial charge on any atom is 0.435 e. The Kier molecular flexibility index (Phi) is 7.81. The van der Waals surface area contributed by atoms with Crippen molar-refractivity contribution < 1.29 is 27.8 Å². The van der Waals surface area contributed by atoms with Crippen LogP contribution in [0.4, 0.5) is 13.2 Å². The van der Waals surface area contributed by atoms with Gasteiger partial charge in [-0.25, -0.2) is 0 Å². The molecule has 5 rings (SSSR count). The molecule has 0 atom stereocenters. The number of phenols is 1. The number of hydrogen-bond donors (Lipinski definition) is 2. The average molecular weight is 547 g/mol. The molecule has 2 aliphatic rings. The molecule has 38 heavy (non-hydrogen) atoms. The second-order valence-electron chi connectivity index (χ2n) is 9.22. The lowest BCUT2D eigenvalue weighted by Crippen LogP contribution is -2.56. The predicted molar refractivity (Wildman–Crippen MR) is 136 cm³/mol. The molecule has 0 amide bonds. The SMILES string of the molecule is Oc1c(-c2cc(C(F)(F)F)n[nH]2)ccc(OCc2ccc(Cl)cc2)c1C#CCN1CCN(C2COC2)CC1. The number of hydrogen-bond acceptors (Lipinski definition) is 6. The molecule has 200 valence electrons. The van der Waals surface area contributed by atoms with Crippen molar-refractivity contribution in [1.82, 2.24) is 20.0 Å². The summed E-state index contributed by atoms with van der Waals surface area (Å²) in [7, 11) is 0. The summed E-state index contributed by atoms with van der Waals surface area (Å²) in [6.45, 7) is 5.86. The second-order valence-corrected chi connectivity index (χ2v) is 9.66. The van der Waals surface area contributed by atoms with Crippen LogP contribution in [0.3, 0.4) is 0 Å². The normalized spacial score (nSPS) is 17.1. The van der Waals surface area contributed by atoms with Crippen LogP contribution in [0.1, 0.15) is 16.8 Å². The lowest BCUT2D eigenvalue weighted by Gasteiger charge is -2.42. The number of aromatic amines is 1. The highest BCUT2D eigenvalue weighted by Gasteiger charge is 2.34. The zero-order valence-electron chi connectivity index (χ0n) is 20.4. The third-order valence-corrected chi connectivity index (χ3v) is 6.92. The van der Waals surface area contributed by atoms with Gasteiger partial charge in [0.25, 0.3) is 0 Å². The highest BCUT2D eigenvalue weighted by Crippen LogP contribution is 2.38. The number of aromatic hydroxyl groups is 1. The number of nitrogens with one attached hydrogen (secondary N) is 1. The van der Waals surface area contributed by atoms with E-state index in [4.69, 9.17) is 21.1 Å². The Balaban J connectivity index is 1.36. The van der Waals surface area contributed by atoms with E-state index in [1.165, 1.54) is 6.07 Å². The number of benzene rings is 2. The smallest absolute Gasteiger partial charge is 0.435 e. The van der Waals surface area contributed by atoms with Crippen LogP contribution in [0, 0.1) is 11.8 Å². The molecular formula is C27H26ClF3N4O3. The van der Waals surface area contributed by atoms with E-state index >= 15 is 0 Å². The van der Waals surface area contributed by atoms with Gasteiger partial charge in [0.2, 0.25) is 0 Å². The van der Waals surface area contributed by atoms with E-state index in [1.54, 1.807) is 18.2 Å². The zero-order chi connectivity index (χ0) is 26.7. The van der Waals surface area contributed by atoms with Crippen LogP contribution in [0.2, 0.25) is 5.02 Å². The van der Waals surface area contributed by atoms with Crippen molar-refractivity contribution in [2.75, 3.05) is 45.9 Å². The summed E-state index contributed by atoms with van der Waals surface area (Å²) in [5.41, 5.74) is 0.153. The van der Waals surface area contributed by atoms with E-state index in [1.807, 2.05) is 12.1 Å². The molecule has 0 radical (unpaired) electrons. The van der Waals surface area contributed by atoms with Crippen molar-refractivity contribution in [3.8, 4) is 34.6 Å². The molecule has 2 aromatic carbocycles. The number of nitrogens with zero attached hydrogens (tertiary/aromatic N) is 3. The summed E-state index contributed by atoms with van der Waals surface area (Å²) >= 11 is 5.95. The summed E-state index contributed by atoms with van der Waals surface area (Å²) in [4.78, 5) is 4.65. The molecule has 2 fully saturated rings. The molecule has 3 aromatic rings. The number of piperazine rings is 1. The van der Waals surface area contributed by atoms with Gasteiger partial charge in [-0.15, -0.1) is 0 Å². The highest BCUT2D eigenvalue weighted by molar-refractivity contribution is 6.30. The Labute approximate surface area is 223 Å². The summed E-state index contributed by atoms with van der Waals surface area (Å²) in [5.74, 6) is 6.15. The Hall–Kier alpha value is -3.23. The van der Waals surface area contributed by atoms with Crippen molar-refractivity contribution in [1.29, 1.82) is 0 Å². The van der Waals surface area contributed by atoms with Crippen molar-refractivity contribution in [2.24, 2.45) is 0 Å². The van der Waals surface area contributed by atoms with Gasteiger partial charge in [0.05, 0.1) is 31.5 Å². The highest BCUT2D eigenvalue weighted by atomic mass is 35.5. The van der Waals surface area contributed by atoms with E-state index in [0.29, 0.717) is 23.4 Å². The molecule has 0 saturated carbocycles. The Morgan fingerprint density at radius 2 is 1.84 bits per heavy atom. The van der Waals surface area contributed by atoms with Gasteiger partial charge in [-0.2, -0.15) is 18.3 Å². The Morgan fingerprint density at radius 1 is 1.11 bits per heavy atom. The molecule has 7 nitrogen and oxygen atoms in total. The van der Waals surface area contributed by atoms with E-state index in [2.05, 4.69) is 31.8 Å². The van der Waals surface area contributed by atoms with Gasteiger partial charge in [-0.1, -0.05) is 35.6 Å². The van der Waals surface area contributed by atoms with Crippen molar-refractivity contribution in [2.45, 2.75) is 18.8 Å². The molecule has 0 bridgehead atoms. The van der Waals surface area contributed by atoms with Crippen LogP contribution >= 0.6 is 11.6 Å². The maximum atomic E-state index is 13.1. The molecule has 3 heterocycles. The monoisotopic (exact) mass is 546 g/mol. The van der Waals surface area contributed by atoms with Crippen LogP contribution < -0.4 is 4.74 Å². The fraction of sp³-hybridized carbons (Fsp3) is 0.370. The first kappa shape index (κ1) is 26.4. The van der Waals surface area contributed by atoms with Gasteiger partial charge in [-0.05, 0) is 35.9 Å². The quantitative estimate of drug-likeness (QED) is 0.447. The van der Waals surface area contributed by atoms with Crippen molar-refractivity contribution >= 4 is 11.6 Å². The molecule has 0 aliphatic carbocycles. The number of ether oxygens (including phenoxy) is 2. The first-order chi connectivity index (χ1) is 18.3. The molecule has 2 saturated heterocycles. The molecular weight excluding hydrogens is 521 g/mol. The topological polar surface area (TPSA) is 73.9 Å². The van der Waals surface area contributed by atoms with Crippen molar-refractivity contribution in [3.63, 3.8) is 0 Å². The van der Waals surface area contributed by atoms with Crippen molar-refractivity contribution in [3.05, 3.63) is 64.3 Å². The summed E-state index contributed by atoms with van der Waals surface area (Å²) in [6, 6.07) is 11.6. The summed E-state index contributed by atoms with van der Waals surface area (Å²) in [5, 5.41) is 17.4. The third-order valence-electron chi connectivity index (χ3n) is 6.67. The number of alkyl halides is 3. The van der Waals surface area contributed by atoms with E-state index < -0.39 is 11.9 Å². The lowest BCUT2D eigenvalue weighted by atomic mass is 10.0. The summed E-state index contributed by atoms with van der Waals surface area (Å²) < 4.78 is 50.5. The third kappa shape index (κ3) is 6.08. The number of H-pyrrole nitrogens is 1. The van der Waals surface area contributed by atoms with Gasteiger partial charge in [0, 0.05) is 36.8 Å². The average Bonchev–Trinajstić information content (AvgIpc) is 3.36. The Bertz CT molecular complexity index is 1320. The summed E-state index contributed by atoms with van der Waals surface area (Å²) in [6.07, 6.45) is -4.61.